The van der Waals surface area contributed by atoms with Crippen molar-refractivity contribution in [2.24, 2.45) is 5.41 Å². The number of aromatic nitrogens is 2. The highest BCUT2D eigenvalue weighted by Gasteiger charge is 2.45. The van der Waals surface area contributed by atoms with Crippen LogP contribution in [0.25, 0.3) is 0 Å². The van der Waals surface area contributed by atoms with Gasteiger partial charge in [-0.05, 0) is 18.1 Å². The number of hydrogen-bond acceptors (Lipinski definition) is 3. The summed E-state index contributed by atoms with van der Waals surface area (Å²) in [6.07, 6.45) is 2.48. The average molecular weight is 338 g/mol. The quantitative estimate of drug-likeness (QED) is 0.756. The third-order valence-corrected chi connectivity index (χ3v) is 3.96. The molecule has 0 amide bonds. The molecule has 0 saturated heterocycles. The topological polar surface area (TPSA) is 92.4 Å². The lowest BCUT2D eigenvalue weighted by Crippen LogP contribution is -2.40. The molecule has 0 atom stereocenters. The summed E-state index contributed by atoms with van der Waals surface area (Å²) in [5, 5.41) is 22.5. The van der Waals surface area contributed by atoms with Crippen LogP contribution >= 0.6 is 0 Å². The van der Waals surface area contributed by atoms with E-state index in [-0.39, 0.29) is 24.9 Å². The monoisotopic (exact) mass is 338 g/mol. The number of aliphatic carboxylic acids is 2. The van der Waals surface area contributed by atoms with Crippen molar-refractivity contribution >= 4 is 11.9 Å². The summed E-state index contributed by atoms with van der Waals surface area (Å²) in [5.41, 5.74) is -1.32. The van der Waals surface area contributed by atoms with Gasteiger partial charge in [-0.15, -0.1) is 0 Å². The van der Waals surface area contributed by atoms with Crippen LogP contribution < -0.4 is 0 Å². The second kappa shape index (κ2) is 6.77. The molecule has 1 aromatic heterocycles. The van der Waals surface area contributed by atoms with Gasteiger partial charge < -0.3 is 10.2 Å². The van der Waals surface area contributed by atoms with Gasteiger partial charge in [0.15, 0.2) is 5.41 Å². The number of halogens is 2. The fourth-order valence-electron chi connectivity index (χ4n) is 2.43. The van der Waals surface area contributed by atoms with Gasteiger partial charge >= 0.3 is 11.9 Å². The van der Waals surface area contributed by atoms with Gasteiger partial charge in [-0.2, -0.15) is 5.10 Å². The smallest absolute Gasteiger partial charge is 0.321 e. The molecule has 2 N–H and O–H groups in total. The fraction of sp³-hybridized carbons (Fsp3) is 0.312. The predicted octanol–water partition coefficient (Wildman–Crippen LogP) is 2.32. The van der Waals surface area contributed by atoms with Crippen LogP contribution in [0.5, 0.6) is 0 Å². The van der Waals surface area contributed by atoms with Crippen molar-refractivity contribution in [1.29, 1.82) is 0 Å². The number of hydrogen-bond donors (Lipinski definition) is 2. The Bertz CT molecular complexity index is 759. The van der Waals surface area contributed by atoms with Crippen molar-refractivity contribution in [2.75, 3.05) is 0 Å². The summed E-state index contributed by atoms with van der Waals surface area (Å²) in [7, 11) is 0. The molecule has 0 bridgehead atoms. The zero-order valence-corrected chi connectivity index (χ0v) is 12.9. The SMILES string of the molecule is CCC(Cc1cnn(Cc2ccc(F)cc2F)c1)(C(=O)O)C(=O)O. The molecule has 0 radical (unpaired) electrons. The van der Waals surface area contributed by atoms with E-state index in [1.54, 1.807) is 0 Å². The van der Waals surface area contributed by atoms with E-state index < -0.39 is 29.0 Å². The maximum atomic E-state index is 13.6. The van der Waals surface area contributed by atoms with E-state index in [0.717, 1.165) is 12.1 Å². The number of benzene rings is 1. The van der Waals surface area contributed by atoms with Crippen LogP contribution in [0, 0.1) is 17.0 Å². The summed E-state index contributed by atoms with van der Waals surface area (Å²) < 4.78 is 27.9. The third kappa shape index (κ3) is 3.42. The van der Waals surface area contributed by atoms with Crippen LogP contribution in [0.15, 0.2) is 30.6 Å². The second-order valence-electron chi connectivity index (χ2n) is 5.50. The molecular weight excluding hydrogens is 322 g/mol. The molecular formula is C16H16F2N2O4. The lowest BCUT2D eigenvalue weighted by atomic mass is 9.80. The summed E-state index contributed by atoms with van der Waals surface area (Å²) in [6, 6.07) is 3.17. The van der Waals surface area contributed by atoms with E-state index in [0.29, 0.717) is 5.56 Å². The van der Waals surface area contributed by atoms with E-state index in [1.165, 1.54) is 30.1 Å². The van der Waals surface area contributed by atoms with E-state index in [4.69, 9.17) is 0 Å². The molecule has 0 saturated carbocycles. The first kappa shape index (κ1) is 17.6. The van der Waals surface area contributed by atoms with Crippen LogP contribution in [0.2, 0.25) is 0 Å². The number of carboxylic acid groups (broad SMARTS) is 2. The van der Waals surface area contributed by atoms with Gasteiger partial charge in [0, 0.05) is 24.2 Å². The highest BCUT2D eigenvalue weighted by molar-refractivity contribution is 5.98. The molecule has 0 spiro atoms. The third-order valence-electron chi connectivity index (χ3n) is 3.96. The van der Waals surface area contributed by atoms with Gasteiger partial charge in [-0.1, -0.05) is 13.0 Å². The summed E-state index contributed by atoms with van der Waals surface area (Å²) >= 11 is 0. The normalized spacial score (nSPS) is 11.5. The van der Waals surface area contributed by atoms with Gasteiger partial charge in [0.05, 0.1) is 12.7 Å². The molecule has 8 heteroatoms. The lowest BCUT2D eigenvalue weighted by Gasteiger charge is -2.22. The molecule has 0 unspecified atom stereocenters. The Labute approximate surface area is 136 Å². The van der Waals surface area contributed by atoms with Gasteiger partial charge in [-0.25, -0.2) is 8.78 Å². The van der Waals surface area contributed by atoms with Crippen molar-refractivity contribution in [2.45, 2.75) is 26.3 Å². The Morgan fingerprint density at radius 3 is 2.46 bits per heavy atom. The first-order chi connectivity index (χ1) is 11.3. The molecule has 6 nitrogen and oxygen atoms in total. The molecule has 128 valence electrons. The van der Waals surface area contributed by atoms with Crippen molar-refractivity contribution in [3.63, 3.8) is 0 Å². The van der Waals surface area contributed by atoms with Crippen LogP contribution in [0.3, 0.4) is 0 Å². The lowest BCUT2D eigenvalue weighted by molar-refractivity contribution is -0.164. The largest absolute Gasteiger partial charge is 0.480 e. The molecule has 0 aliphatic heterocycles. The summed E-state index contributed by atoms with van der Waals surface area (Å²) in [4.78, 5) is 22.8. The van der Waals surface area contributed by atoms with E-state index in [9.17, 15) is 28.6 Å². The Kier molecular flexibility index (Phi) is 4.96. The molecule has 0 fully saturated rings. The van der Waals surface area contributed by atoms with Gasteiger partial charge in [0.1, 0.15) is 11.6 Å². The Morgan fingerprint density at radius 1 is 1.25 bits per heavy atom. The van der Waals surface area contributed by atoms with E-state index >= 15 is 0 Å². The first-order valence-electron chi connectivity index (χ1n) is 7.20. The number of nitrogens with zero attached hydrogens (tertiary/aromatic N) is 2. The Morgan fingerprint density at radius 2 is 1.92 bits per heavy atom. The average Bonchev–Trinajstić information content (AvgIpc) is 2.94. The molecule has 0 aliphatic carbocycles. The minimum absolute atomic E-state index is 0.0192. The molecule has 2 aromatic rings. The maximum Gasteiger partial charge on any atom is 0.321 e. The van der Waals surface area contributed by atoms with Crippen LogP contribution in [-0.2, 0) is 22.6 Å². The number of carboxylic acids is 2. The van der Waals surface area contributed by atoms with E-state index in [1.807, 2.05) is 0 Å². The first-order valence-corrected chi connectivity index (χ1v) is 7.20. The molecule has 2 rings (SSSR count). The van der Waals surface area contributed by atoms with Crippen molar-refractivity contribution in [1.82, 2.24) is 9.78 Å². The predicted molar refractivity (Wildman–Crippen MR) is 79.4 cm³/mol. The molecule has 1 aromatic carbocycles. The van der Waals surface area contributed by atoms with Gasteiger partial charge in [-0.3, -0.25) is 14.3 Å². The zero-order valence-electron chi connectivity index (χ0n) is 12.9. The highest BCUT2D eigenvalue weighted by Crippen LogP contribution is 2.28. The minimum Gasteiger partial charge on any atom is -0.480 e. The van der Waals surface area contributed by atoms with Crippen molar-refractivity contribution in [3.05, 3.63) is 53.4 Å². The van der Waals surface area contributed by atoms with E-state index in [2.05, 4.69) is 5.10 Å². The minimum atomic E-state index is -1.94. The van der Waals surface area contributed by atoms with Crippen LogP contribution in [-0.4, -0.2) is 31.9 Å². The number of carbonyl (C=O) groups is 2. The Hall–Kier alpha value is -2.77. The Balaban J connectivity index is 2.21. The molecule has 1 heterocycles. The van der Waals surface area contributed by atoms with Crippen LogP contribution in [0.4, 0.5) is 8.78 Å². The molecule has 24 heavy (non-hydrogen) atoms. The van der Waals surface area contributed by atoms with Crippen LogP contribution in [0.1, 0.15) is 24.5 Å². The second-order valence-corrected chi connectivity index (χ2v) is 5.50. The van der Waals surface area contributed by atoms with Gasteiger partial charge in [0.25, 0.3) is 0 Å². The van der Waals surface area contributed by atoms with Crippen molar-refractivity contribution < 1.29 is 28.6 Å². The standard InChI is InChI=1S/C16H16F2N2O4/c1-2-16(14(21)22,15(23)24)6-10-7-19-20(8-10)9-11-3-4-12(17)5-13(11)18/h3-5,7-8H,2,6,9H2,1H3,(H,21,22)(H,23,24). The fourth-order valence-corrected chi connectivity index (χ4v) is 2.43. The van der Waals surface area contributed by atoms with Crippen molar-refractivity contribution in [3.8, 4) is 0 Å². The highest BCUT2D eigenvalue weighted by atomic mass is 19.1. The summed E-state index contributed by atoms with van der Waals surface area (Å²) in [5.74, 6) is -4.25. The molecule has 0 aliphatic rings. The van der Waals surface area contributed by atoms with Gasteiger partial charge in [0.2, 0.25) is 0 Å². The summed E-state index contributed by atoms with van der Waals surface area (Å²) in [6.45, 7) is 1.51. The zero-order chi connectivity index (χ0) is 17.9. The number of rotatable bonds is 7. The maximum absolute atomic E-state index is 13.6.